The van der Waals surface area contributed by atoms with E-state index >= 15 is 0 Å². The number of aliphatic hydroxyl groups excluding tert-OH is 1. The highest BCUT2D eigenvalue weighted by Gasteiger charge is 2.32. The smallest absolute Gasteiger partial charge is 0.0812 e. The predicted octanol–water partition coefficient (Wildman–Crippen LogP) is 3.46. The standard InChI is InChI=1S/C15H23NO/c1-11(2)5-7-16-8-6-12-13(16)9-15(3,4)10-14(12)17/h5-6,8,14,17H,7,9-10H2,1-4H3. The average Bonchev–Trinajstić information content (AvgIpc) is 2.56. The van der Waals surface area contributed by atoms with Crippen molar-refractivity contribution in [3.63, 3.8) is 0 Å². The average molecular weight is 233 g/mol. The van der Waals surface area contributed by atoms with E-state index in [9.17, 15) is 5.11 Å². The molecular formula is C15H23NO. The summed E-state index contributed by atoms with van der Waals surface area (Å²) in [6.07, 6.45) is 5.97. The Labute approximate surface area is 104 Å². The number of allylic oxidation sites excluding steroid dienone is 2. The number of fused-ring (bicyclic) bond motifs is 1. The lowest BCUT2D eigenvalue weighted by Crippen LogP contribution is -2.26. The minimum atomic E-state index is -0.290. The summed E-state index contributed by atoms with van der Waals surface area (Å²) in [6, 6.07) is 2.08. The molecule has 0 spiro atoms. The Kier molecular flexibility index (Phi) is 3.17. The Hall–Kier alpha value is -1.02. The topological polar surface area (TPSA) is 25.2 Å². The van der Waals surface area contributed by atoms with Crippen LogP contribution in [0.3, 0.4) is 0 Å². The van der Waals surface area contributed by atoms with Gasteiger partial charge in [0.05, 0.1) is 6.10 Å². The molecule has 1 aliphatic carbocycles. The minimum absolute atomic E-state index is 0.202. The number of aromatic nitrogens is 1. The Balaban J connectivity index is 2.31. The zero-order valence-corrected chi connectivity index (χ0v) is 11.3. The third-order valence-corrected chi connectivity index (χ3v) is 3.56. The lowest BCUT2D eigenvalue weighted by atomic mass is 9.75. The van der Waals surface area contributed by atoms with Gasteiger partial charge in [-0.15, -0.1) is 0 Å². The summed E-state index contributed by atoms with van der Waals surface area (Å²) in [7, 11) is 0. The van der Waals surface area contributed by atoms with E-state index < -0.39 is 0 Å². The summed E-state index contributed by atoms with van der Waals surface area (Å²) in [6.45, 7) is 9.62. The monoisotopic (exact) mass is 233 g/mol. The van der Waals surface area contributed by atoms with Gasteiger partial charge in [0.2, 0.25) is 0 Å². The van der Waals surface area contributed by atoms with E-state index in [2.05, 4.69) is 50.6 Å². The SMILES string of the molecule is CC(C)=CCn1ccc2c1CC(C)(C)CC2O. The third-order valence-electron chi connectivity index (χ3n) is 3.56. The van der Waals surface area contributed by atoms with Crippen molar-refractivity contribution in [1.82, 2.24) is 4.57 Å². The van der Waals surface area contributed by atoms with E-state index in [4.69, 9.17) is 0 Å². The fourth-order valence-corrected chi connectivity index (χ4v) is 2.64. The second kappa shape index (κ2) is 4.34. The molecule has 1 aromatic rings. The first-order valence-corrected chi connectivity index (χ1v) is 6.38. The van der Waals surface area contributed by atoms with E-state index in [0.29, 0.717) is 0 Å². The predicted molar refractivity (Wildman–Crippen MR) is 70.9 cm³/mol. The van der Waals surface area contributed by atoms with Gasteiger partial charge < -0.3 is 9.67 Å². The molecule has 1 atom stereocenters. The fraction of sp³-hybridized carbons (Fsp3) is 0.600. The zero-order chi connectivity index (χ0) is 12.6. The van der Waals surface area contributed by atoms with Crippen LogP contribution in [0.4, 0.5) is 0 Å². The molecule has 0 saturated heterocycles. The molecule has 0 radical (unpaired) electrons. The summed E-state index contributed by atoms with van der Waals surface area (Å²) >= 11 is 0. The van der Waals surface area contributed by atoms with Crippen LogP contribution in [0.15, 0.2) is 23.9 Å². The van der Waals surface area contributed by atoms with Gasteiger partial charge in [0.25, 0.3) is 0 Å². The number of rotatable bonds is 2. The van der Waals surface area contributed by atoms with Gasteiger partial charge in [-0.05, 0) is 38.2 Å². The maximum absolute atomic E-state index is 10.2. The Morgan fingerprint density at radius 3 is 2.88 bits per heavy atom. The van der Waals surface area contributed by atoms with Gasteiger partial charge in [-0.3, -0.25) is 0 Å². The van der Waals surface area contributed by atoms with E-state index in [0.717, 1.165) is 24.9 Å². The molecule has 0 amide bonds. The van der Waals surface area contributed by atoms with Crippen molar-refractivity contribution < 1.29 is 5.11 Å². The third kappa shape index (κ3) is 2.63. The first-order valence-electron chi connectivity index (χ1n) is 6.38. The lowest BCUT2D eigenvalue weighted by Gasteiger charge is -2.33. The van der Waals surface area contributed by atoms with Crippen LogP contribution in [-0.2, 0) is 13.0 Å². The summed E-state index contributed by atoms with van der Waals surface area (Å²) < 4.78 is 2.27. The van der Waals surface area contributed by atoms with Crippen LogP contribution in [-0.4, -0.2) is 9.67 Å². The highest BCUT2D eigenvalue weighted by atomic mass is 16.3. The summed E-state index contributed by atoms with van der Waals surface area (Å²) in [5, 5.41) is 10.2. The first-order chi connectivity index (χ1) is 7.89. The molecule has 0 bridgehead atoms. The van der Waals surface area contributed by atoms with Crippen molar-refractivity contribution >= 4 is 0 Å². The Bertz CT molecular complexity index is 436. The largest absolute Gasteiger partial charge is 0.388 e. The molecule has 1 aliphatic rings. The van der Waals surface area contributed by atoms with Crippen LogP contribution in [0.1, 0.15) is 51.5 Å². The highest BCUT2D eigenvalue weighted by molar-refractivity contribution is 5.29. The van der Waals surface area contributed by atoms with Crippen LogP contribution in [0.25, 0.3) is 0 Å². The van der Waals surface area contributed by atoms with Crippen LogP contribution in [0.5, 0.6) is 0 Å². The molecule has 17 heavy (non-hydrogen) atoms. The number of aliphatic hydroxyl groups is 1. The molecular weight excluding hydrogens is 210 g/mol. The molecule has 1 heterocycles. The van der Waals surface area contributed by atoms with Crippen LogP contribution in [0.2, 0.25) is 0 Å². The fourth-order valence-electron chi connectivity index (χ4n) is 2.64. The van der Waals surface area contributed by atoms with Crippen molar-refractivity contribution in [1.29, 1.82) is 0 Å². The van der Waals surface area contributed by atoms with Gasteiger partial charge in [-0.2, -0.15) is 0 Å². The highest BCUT2D eigenvalue weighted by Crippen LogP contribution is 2.41. The quantitative estimate of drug-likeness (QED) is 0.777. The Morgan fingerprint density at radius 1 is 1.53 bits per heavy atom. The molecule has 2 nitrogen and oxygen atoms in total. The maximum Gasteiger partial charge on any atom is 0.0812 e. The van der Waals surface area contributed by atoms with Gasteiger partial charge in [-0.1, -0.05) is 25.5 Å². The van der Waals surface area contributed by atoms with Crippen molar-refractivity contribution in [2.24, 2.45) is 5.41 Å². The van der Waals surface area contributed by atoms with Gasteiger partial charge >= 0.3 is 0 Å². The van der Waals surface area contributed by atoms with Crippen LogP contribution < -0.4 is 0 Å². The molecule has 0 aliphatic heterocycles. The molecule has 2 rings (SSSR count). The molecule has 1 aromatic heterocycles. The summed E-state index contributed by atoms with van der Waals surface area (Å²) in [5.74, 6) is 0. The van der Waals surface area contributed by atoms with E-state index in [1.807, 2.05) is 0 Å². The van der Waals surface area contributed by atoms with Gasteiger partial charge in [0.15, 0.2) is 0 Å². The zero-order valence-electron chi connectivity index (χ0n) is 11.3. The van der Waals surface area contributed by atoms with Crippen molar-refractivity contribution in [3.8, 4) is 0 Å². The number of hydrogen-bond donors (Lipinski definition) is 1. The molecule has 0 saturated carbocycles. The first kappa shape index (κ1) is 12.4. The normalized spacial score (nSPS) is 22.1. The van der Waals surface area contributed by atoms with Gasteiger partial charge in [0, 0.05) is 24.0 Å². The molecule has 0 fully saturated rings. The van der Waals surface area contributed by atoms with Gasteiger partial charge in [0.1, 0.15) is 0 Å². The molecule has 94 valence electrons. The number of nitrogens with zero attached hydrogens (tertiary/aromatic N) is 1. The van der Waals surface area contributed by atoms with Crippen molar-refractivity contribution in [2.45, 2.75) is 53.2 Å². The minimum Gasteiger partial charge on any atom is -0.388 e. The molecule has 2 heteroatoms. The van der Waals surface area contributed by atoms with Crippen molar-refractivity contribution in [2.75, 3.05) is 0 Å². The van der Waals surface area contributed by atoms with E-state index in [1.54, 1.807) is 0 Å². The van der Waals surface area contributed by atoms with Crippen LogP contribution in [0, 0.1) is 5.41 Å². The van der Waals surface area contributed by atoms with Crippen molar-refractivity contribution in [3.05, 3.63) is 35.2 Å². The van der Waals surface area contributed by atoms with E-state index in [-0.39, 0.29) is 11.5 Å². The summed E-state index contributed by atoms with van der Waals surface area (Å²) in [4.78, 5) is 0. The molecule has 0 aromatic carbocycles. The summed E-state index contributed by atoms with van der Waals surface area (Å²) in [5.41, 5.74) is 3.98. The maximum atomic E-state index is 10.2. The van der Waals surface area contributed by atoms with Crippen LogP contribution >= 0.6 is 0 Å². The second-order valence-electron chi connectivity index (χ2n) is 6.21. The molecule has 1 unspecified atom stereocenters. The Morgan fingerprint density at radius 2 is 2.24 bits per heavy atom. The van der Waals surface area contributed by atoms with Gasteiger partial charge in [-0.25, -0.2) is 0 Å². The second-order valence-corrected chi connectivity index (χ2v) is 6.21. The number of hydrogen-bond acceptors (Lipinski definition) is 1. The lowest BCUT2D eigenvalue weighted by molar-refractivity contribution is 0.0981. The molecule has 1 N–H and O–H groups in total. The van der Waals surface area contributed by atoms with E-state index in [1.165, 1.54) is 11.3 Å².